The van der Waals surface area contributed by atoms with Crippen LogP contribution in [0.15, 0.2) is 36.4 Å². The van der Waals surface area contributed by atoms with Gasteiger partial charge in [-0.25, -0.2) is 0 Å². The van der Waals surface area contributed by atoms with Crippen molar-refractivity contribution in [2.75, 3.05) is 32.7 Å². The van der Waals surface area contributed by atoms with E-state index in [2.05, 4.69) is 10.7 Å². The number of methoxy groups -OCH3 is 2. The van der Waals surface area contributed by atoms with E-state index in [0.717, 1.165) is 5.01 Å². The molecule has 180 valence electrons. The smallest absolute Gasteiger partial charge is 0.311 e. The zero-order valence-corrected chi connectivity index (χ0v) is 19.7. The number of halogens is 2. The predicted octanol–water partition coefficient (Wildman–Crippen LogP) is 2.69. The van der Waals surface area contributed by atoms with E-state index in [0.29, 0.717) is 22.2 Å². The molecule has 0 bridgehead atoms. The van der Waals surface area contributed by atoms with Gasteiger partial charge < -0.3 is 19.5 Å². The number of ether oxygens (including phenoxy) is 3. The summed E-state index contributed by atoms with van der Waals surface area (Å²) in [7, 11) is 2.89. The minimum absolute atomic E-state index is 0.102. The summed E-state index contributed by atoms with van der Waals surface area (Å²) >= 11 is 11.8. The van der Waals surface area contributed by atoms with Crippen molar-refractivity contribution in [1.82, 2.24) is 10.4 Å². The molecule has 0 aromatic heterocycles. The maximum atomic E-state index is 12.6. The van der Waals surface area contributed by atoms with Crippen molar-refractivity contribution < 1.29 is 33.4 Å². The van der Waals surface area contributed by atoms with Gasteiger partial charge in [0.2, 0.25) is 5.91 Å². The number of nitrogens with zero attached hydrogens (tertiary/aromatic N) is 1. The summed E-state index contributed by atoms with van der Waals surface area (Å²) < 4.78 is 15.3. The zero-order valence-electron chi connectivity index (χ0n) is 18.2. The first kappa shape index (κ1) is 25.1. The quantitative estimate of drug-likeness (QED) is 0.524. The van der Waals surface area contributed by atoms with E-state index in [1.54, 1.807) is 12.1 Å². The molecule has 0 aliphatic carbocycles. The van der Waals surface area contributed by atoms with Crippen molar-refractivity contribution in [3.8, 4) is 11.5 Å². The summed E-state index contributed by atoms with van der Waals surface area (Å²) in [6.07, 6.45) is -0.175. The lowest BCUT2D eigenvalue weighted by molar-refractivity contribution is -0.151. The molecule has 0 saturated carbocycles. The van der Waals surface area contributed by atoms with Crippen LogP contribution in [0, 0.1) is 5.92 Å². The Kier molecular flexibility index (Phi) is 8.19. The molecule has 2 N–H and O–H groups in total. The maximum Gasteiger partial charge on any atom is 0.311 e. The first-order valence-electron chi connectivity index (χ1n) is 9.96. The Bertz CT molecular complexity index is 1100. The number of rotatable bonds is 8. The van der Waals surface area contributed by atoms with Gasteiger partial charge in [-0.05, 0) is 30.3 Å². The fourth-order valence-electron chi connectivity index (χ4n) is 3.13. The van der Waals surface area contributed by atoms with Crippen LogP contribution in [0.5, 0.6) is 11.5 Å². The van der Waals surface area contributed by atoms with Crippen LogP contribution < -0.4 is 20.2 Å². The number of anilines is 1. The number of hydrogen-bond donors (Lipinski definition) is 2. The molecule has 1 aliphatic heterocycles. The van der Waals surface area contributed by atoms with Crippen LogP contribution in [0.4, 0.5) is 5.69 Å². The van der Waals surface area contributed by atoms with Crippen molar-refractivity contribution in [1.29, 1.82) is 0 Å². The summed E-state index contributed by atoms with van der Waals surface area (Å²) in [4.78, 5) is 49.3. The average Bonchev–Trinajstić information content (AvgIpc) is 3.18. The Morgan fingerprint density at radius 2 is 1.74 bits per heavy atom. The number of esters is 1. The van der Waals surface area contributed by atoms with E-state index < -0.39 is 36.2 Å². The SMILES string of the molecule is COc1cc(OC)cc(C(=O)NN2C[C@H](C(=O)OCC(=O)Nc3ccc(Cl)cc3Cl)CC2=O)c1. The van der Waals surface area contributed by atoms with Gasteiger partial charge in [0.25, 0.3) is 11.8 Å². The van der Waals surface area contributed by atoms with Crippen LogP contribution in [-0.4, -0.2) is 56.1 Å². The number of hydrogen-bond acceptors (Lipinski definition) is 7. The number of nitrogens with one attached hydrogen (secondary N) is 2. The molecule has 10 nitrogen and oxygen atoms in total. The second-order valence-electron chi connectivity index (χ2n) is 7.23. The minimum atomic E-state index is -0.848. The van der Waals surface area contributed by atoms with Gasteiger partial charge in [0.05, 0.1) is 37.4 Å². The molecule has 0 unspecified atom stereocenters. The van der Waals surface area contributed by atoms with E-state index in [-0.39, 0.29) is 23.6 Å². The summed E-state index contributed by atoms with van der Waals surface area (Å²) in [5.74, 6) is -2.46. The molecule has 3 amide bonds. The fraction of sp³-hybridized carbons (Fsp3) is 0.273. The summed E-state index contributed by atoms with van der Waals surface area (Å²) in [5, 5.41) is 4.17. The topological polar surface area (TPSA) is 123 Å². The largest absolute Gasteiger partial charge is 0.497 e. The molecule has 2 aromatic carbocycles. The van der Waals surface area contributed by atoms with Gasteiger partial charge in [-0.3, -0.25) is 29.6 Å². The van der Waals surface area contributed by atoms with E-state index in [9.17, 15) is 19.2 Å². The number of amides is 3. The van der Waals surface area contributed by atoms with Crippen molar-refractivity contribution >= 4 is 52.6 Å². The van der Waals surface area contributed by atoms with Crippen LogP contribution in [0.1, 0.15) is 16.8 Å². The molecule has 1 heterocycles. The fourth-order valence-corrected chi connectivity index (χ4v) is 3.59. The number of carbonyl (C=O) groups is 4. The van der Waals surface area contributed by atoms with Gasteiger partial charge in [0.1, 0.15) is 11.5 Å². The number of benzene rings is 2. The molecular weight excluding hydrogens is 489 g/mol. The van der Waals surface area contributed by atoms with E-state index in [1.165, 1.54) is 38.5 Å². The van der Waals surface area contributed by atoms with Crippen LogP contribution in [-0.2, 0) is 19.1 Å². The third kappa shape index (κ3) is 6.30. The van der Waals surface area contributed by atoms with Crippen molar-refractivity contribution in [3.05, 3.63) is 52.0 Å². The van der Waals surface area contributed by atoms with E-state index >= 15 is 0 Å². The standard InChI is InChI=1S/C22H21Cl2N3O7/c1-32-15-5-12(6-16(9-15)33-2)21(30)26-27-10-13(7-20(27)29)22(31)34-11-19(28)25-18-4-3-14(23)8-17(18)24/h3-6,8-9,13H,7,10-11H2,1-2H3,(H,25,28)(H,26,30)/t13-/m1/s1. The normalized spacial score (nSPS) is 15.0. The highest BCUT2D eigenvalue weighted by atomic mass is 35.5. The van der Waals surface area contributed by atoms with Crippen LogP contribution in [0.2, 0.25) is 10.0 Å². The second kappa shape index (κ2) is 11.1. The molecule has 1 fully saturated rings. The molecule has 1 atom stereocenters. The first-order valence-corrected chi connectivity index (χ1v) is 10.7. The highest BCUT2D eigenvalue weighted by Gasteiger charge is 2.37. The van der Waals surface area contributed by atoms with Crippen molar-refractivity contribution in [3.63, 3.8) is 0 Å². The Hall–Kier alpha value is -3.50. The molecule has 1 aliphatic rings. The van der Waals surface area contributed by atoms with Gasteiger partial charge >= 0.3 is 5.97 Å². The van der Waals surface area contributed by atoms with Crippen molar-refractivity contribution in [2.24, 2.45) is 5.92 Å². The minimum Gasteiger partial charge on any atom is -0.497 e. The molecule has 3 rings (SSSR count). The molecule has 0 radical (unpaired) electrons. The third-order valence-corrected chi connectivity index (χ3v) is 5.41. The third-order valence-electron chi connectivity index (χ3n) is 4.86. The summed E-state index contributed by atoms with van der Waals surface area (Å²) in [6, 6.07) is 9.08. The van der Waals surface area contributed by atoms with Gasteiger partial charge in [-0.2, -0.15) is 0 Å². The Balaban J connectivity index is 1.53. The van der Waals surface area contributed by atoms with Crippen LogP contribution in [0.25, 0.3) is 0 Å². The van der Waals surface area contributed by atoms with E-state index in [4.69, 9.17) is 37.4 Å². The second-order valence-corrected chi connectivity index (χ2v) is 8.07. The first-order chi connectivity index (χ1) is 16.2. The molecule has 34 heavy (non-hydrogen) atoms. The predicted molar refractivity (Wildman–Crippen MR) is 123 cm³/mol. The Morgan fingerprint density at radius 1 is 1.06 bits per heavy atom. The Labute approximate surface area is 205 Å². The van der Waals surface area contributed by atoms with E-state index in [1.807, 2.05) is 0 Å². The van der Waals surface area contributed by atoms with Gasteiger partial charge in [0.15, 0.2) is 6.61 Å². The Morgan fingerprint density at radius 3 is 2.35 bits per heavy atom. The molecule has 1 saturated heterocycles. The lowest BCUT2D eigenvalue weighted by Crippen LogP contribution is -2.43. The van der Waals surface area contributed by atoms with Crippen molar-refractivity contribution in [2.45, 2.75) is 6.42 Å². The average molecular weight is 510 g/mol. The lowest BCUT2D eigenvalue weighted by atomic mass is 10.1. The number of carbonyl (C=O) groups excluding carboxylic acids is 4. The van der Waals surface area contributed by atoms with Gasteiger partial charge in [-0.15, -0.1) is 0 Å². The van der Waals surface area contributed by atoms with Gasteiger partial charge in [0, 0.05) is 23.1 Å². The van der Waals surface area contributed by atoms with Crippen LogP contribution in [0.3, 0.4) is 0 Å². The summed E-state index contributed by atoms with van der Waals surface area (Å²) in [5.41, 5.74) is 2.97. The molecule has 12 heteroatoms. The zero-order chi connectivity index (χ0) is 24.8. The highest BCUT2D eigenvalue weighted by Crippen LogP contribution is 2.26. The highest BCUT2D eigenvalue weighted by molar-refractivity contribution is 6.36. The summed E-state index contributed by atoms with van der Waals surface area (Å²) in [6.45, 7) is -0.673. The molecular formula is C22H21Cl2N3O7. The number of hydrazine groups is 1. The molecule has 2 aromatic rings. The molecule has 0 spiro atoms. The van der Waals surface area contributed by atoms with Crippen LogP contribution >= 0.6 is 23.2 Å². The monoisotopic (exact) mass is 509 g/mol. The van der Waals surface area contributed by atoms with Gasteiger partial charge in [-0.1, -0.05) is 23.2 Å². The maximum absolute atomic E-state index is 12.6. The lowest BCUT2D eigenvalue weighted by Gasteiger charge is -2.18.